The minimum Gasteiger partial charge on any atom is -0.354 e. The van der Waals surface area contributed by atoms with Crippen LogP contribution in [0.25, 0.3) is 0 Å². The van der Waals surface area contributed by atoms with Gasteiger partial charge < -0.3 is 10.2 Å². The summed E-state index contributed by atoms with van der Waals surface area (Å²) in [5.41, 5.74) is 3.14. The van der Waals surface area contributed by atoms with E-state index in [1.54, 1.807) is 17.9 Å². The number of hydrogen-bond acceptors (Lipinski definition) is 3. The molecular formula is C23H28Cl2N2O2S. The highest BCUT2D eigenvalue weighted by molar-refractivity contribution is 7.99. The summed E-state index contributed by atoms with van der Waals surface area (Å²) in [6.07, 6.45) is 0.851. The van der Waals surface area contributed by atoms with E-state index in [1.807, 2.05) is 50.2 Å². The van der Waals surface area contributed by atoms with E-state index in [9.17, 15) is 9.59 Å². The predicted molar refractivity (Wildman–Crippen MR) is 127 cm³/mol. The van der Waals surface area contributed by atoms with E-state index in [1.165, 1.54) is 11.8 Å². The molecule has 162 valence electrons. The number of benzene rings is 2. The fourth-order valence-electron chi connectivity index (χ4n) is 2.92. The van der Waals surface area contributed by atoms with Crippen LogP contribution in [0.5, 0.6) is 0 Å². The van der Waals surface area contributed by atoms with Crippen LogP contribution in [0.3, 0.4) is 0 Å². The van der Waals surface area contributed by atoms with Crippen molar-refractivity contribution >= 4 is 46.8 Å². The van der Waals surface area contributed by atoms with Gasteiger partial charge in [0.15, 0.2) is 0 Å². The zero-order valence-electron chi connectivity index (χ0n) is 17.6. The van der Waals surface area contributed by atoms with Crippen molar-refractivity contribution in [2.75, 3.05) is 12.3 Å². The topological polar surface area (TPSA) is 49.4 Å². The number of aryl methyl sites for hydroxylation is 1. The standard InChI is InChI=1S/C23H28Cl2N2O2S/c1-4-11-26-23(29)17(3)27(13-19-8-6-5-7-16(19)2)22(28)15-30-14-18-9-10-20(24)21(25)12-18/h5-10,12,17H,4,11,13-15H2,1-3H3,(H,26,29)/t17-/m1/s1. The summed E-state index contributed by atoms with van der Waals surface area (Å²) in [5, 5.41) is 3.91. The van der Waals surface area contributed by atoms with E-state index in [4.69, 9.17) is 23.2 Å². The van der Waals surface area contributed by atoms with Gasteiger partial charge in [-0.1, -0.05) is 60.5 Å². The Balaban J connectivity index is 2.07. The maximum atomic E-state index is 13.1. The number of halogens is 2. The molecule has 2 rings (SSSR count). The van der Waals surface area contributed by atoms with Crippen LogP contribution < -0.4 is 5.32 Å². The number of rotatable bonds is 10. The summed E-state index contributed by atoms with van der Waals surface area (Å²) in [6, 6.07) is 12.8. The van der Waals surface area contributed by atoms with Crippen molar-refractivity contribution < 1.29 is 9.59 Å². The molecule has 0 radical (unpaired) electrons. The number of amides is 2. The first kappa shape index (κ1) is 24.6. The van der Waals surface area contributed by atoms with Crippen LogP contribution in [-0.2, 0) is 21.9 Å². The van der Waals surface area contributed by atoms with Gasteiger partial charge in [-0.3, -0.25) is 9.59 Å². The summed E-state index contributed by atoms with van der Waals surface area (Å²) in [5.74, 6) is 0.713. The molecule has 7 heteroatoms. The van der Waals surface area contributed by atoms with Gasteiger partial charge in [0.05, 0.1) is 15.8 Å². The van der Waals surface area contributed by atoms with Gasteiger partial charge in [0, 0.05) is 18.8 Å². The highest BCUT2D eigenvalue weighted by Gasteiger charge is 2.26. The monoisotopic (exact) mass is 466 g/mol. The molecule has 2 aromatic rings. The Kier molecular flexibility index (Phi) is 10.0. The zero-order chi connectivity index (χ0) is 22.1. The van der Waals surface area contributed by atoms with Crippen molar-refractivity contribution in [1.29, 1.82) is 0 Å². The van der Waals surface area contributed by atoms with Gasteiger partial charge >= 0.3 is 0 Å². The molecule has 4 nitrogen and oxygen atoms in total. The molecule has 0 saturated heterocycles. The number of carbonyl (C=O) groups excluding carboxylic acids is 2. The molecular weight excluding hydrogens is 439 g/mol. The van der Waals surface area contributed by atoms with Crippen molar-refractivity contribution in [3.8, 4) is 0 Å². The van der Waals surface area contributed by atoms with Crippen LogP contribution in [0.4, 0.5) is 0 Å². The van der Waals surface area contributed by atoms with Crippen LogP contribution in [0.2, 0.25) is 10.0 Å². The summed E-state index contributed by atoms with van der Waals surface area (Å²) < 4.78 is 0. The average Bonchev–Trinajstić information content (AvgIpc) is 2.73. The molecule has 0 unspecified atom stereocenters. The van der Waals surface area contributed by atoms with Gasteiger partial charge in [-0.25, -0.2) is 0 Å². The van der Waals surface area contributed by atoms with Crippen LogP contribution in [0.1, 0.15) is 37.0 Å². The molecule has 0 saturated carbocycles. The molecule has 0 aliphatic rings. The Morgan fingerprint density at radius 1 is 1.13 bits per heavy atom. The second-order valence-electron chi connectivity index (χ2n) is 7.16. The van der Waals surface area contributed by atoms with E-state index in [0.717, 1.165) is 23.1 Å². The van der Waals surface area contributed by atoms with E-state index in [2.05, 4.69) is 5.32 Å². The SMILES string of the molecule is CCCNC(=O)[C@@H](C)N(Cc1ccccc1C)C(=O)CSCc1ccc(Cl)c(Cl)c1. The Morgan fingerprint density at radius 3 is 2.53 bits per heavy atom. The summed E-state index contributed by atoms with van der Waals surface area (Å²) in [7, 11) is 0. The van der Waals surface area contributed by atoms with Gasteiger partial charge in [0.1, 0.15) is 6.04 Å². The third-order valence-electron chi connectivity index (χ3n) is 4.80. The molecule has 30 heavy (non-hydrogen) atoms. The van der Waals surface area contributed by atoms with Crippen LogP contribution in [-0.4, -0.2) is 35.1 Å². The third-order valence-corrected chi connectivity index (χ3v) is 6.52. The molecule has 0 aliphatic carbocycles. The molecule has 1 N–H and O–H groups in total. The average molecular weight is 467 g/mol. The normalized spacial score (nSPS) is 11.8. The third kappa shape index (κ3) is 7.22. The van der Waals surface area contributed by atoms with Crippen molar-refractivity contribution in [2.45, 2.75) is 45.5 Å². The van der Waals surface area contributed by atoms with Crippen molar-refractivity contribution in [3.63, 3.8) is 0 Å². The second-order valence-corrected chi connectivity index (χ2v) is 8.96. The van der Waals surface area contributed by atoms with Crippen LogP contribution in [0.15, 0.2) is 42.5 Å². The Hall–Kier alpha value is -1.69. The Bertz CT molecular complexity index is 876. The van der Waals surface area contributed by atoms with E-state index in [-0.39, 0.29) is 17.6 Å². The number of hydrogen-bond donors (Lipinski definition) is 1. The number of thioether (sulfide) groups is 1. The molecule has 1 atom stereocenters. The zero-order valence-corrected chi connectivity index (χ0v) is 19.9. The van der Waals surface area contributed by atoms with E-state index >= 15 is 0 Å². The van der Waals surface area contributed by atoms with Crippen LogP contribution in [0, 0.1) is 6.92 Å². The van der Waals surface area contributed by atoms with Gasteiger partial charge in [-0.05, 0) is 49.1 Å². The summed E-state index contributed by atoms with van der Waals surface area (Å²) in [6.45, 7) is 6.80. The second kappa shape index (κ2) is 12.2. The van der Waals surface area contributed by atoms with E-state index in [0.29, 0.717) is 28.9 Å². The lowest BCUT2D eigenvalue weighted by atomic mass is 10.1. The molecule has 0 aromatic heterocycles. The lowest BCUT2D eigenvalue weighted by Gasteiger charge is -2.29. The first-order chi connectivity index (χ1) is 14.3. The number of nitrogens with zero attached hydrogens (tertiary/aromatic N) is 1. The molecule has 0 fully saturated rings. The van der Waals surface area contributed by atoms with E-state index < -0.39 is 6.04 Å². The maximum Gasteiger partial charge on any atom is 0.242 e. The predicted octanol–water partition coefficient (Wildman–Crippen LogP) is 5.48. The van der Waals surface area contributed by atoms with Gasteiger partial charge in [0.2, 0.25) is 11.8 Å². The molecule has 0 spiro atoms. The smallest absolute Gasteiger partial charge is 0.242 e. The highest BCUT2D eigenvalue weighted by Crippen LogP contribution is 2.25. The molecule has 2 amide bonds. The van der Waals surface area contributed by atoms with Crippen LogP contribution >= 0.6 is 35.0 Å². The number of nitrogens with one attached hydrogen (secondary N) is 1. The highest BCUT2D eigenvalue weighted by atomic mass is 35.5. The van der Waals surface area contributed by atoms with Gasteiger partial charge in [0.25, 0.3) is 0 Å². The first-order valence-corrected chi connectivity index (χ1v) is 11.9. The quantitative estimate of drug-likeness (QED) is 0.504. The van der Waals surface area contributed by atoms with Gasteiger partial charge in [-0.15, -0.1) is 11.8 Å². The van der Waals surface area contributed by atoms with Gasteiger partial charge in [-0.2, -0.15) is 0 Å². The Labute approximate surface area is 193 Å². The van der Waals surface area contributed by atoms with Crippen molar-refractivity contribution in [3.05, 3.63) is 69.2 Å². The maximum absolute atomic E-state index is 13.1. The largest absolute Gasteiger partial charge is 0.354 e. The minimum atomic E-state index is -0.547. The molecule has 0 bridgehead atoms. The molecule has 2 aromatic carbocycles. The number of carbonyl (C=O) groups is 2. The molecule has 0 heterocycles. The van der Waals surface area contributed by atoms with Crippen molar-refractivity contribution in [2.24, 2.45) is 0 Å². The van der Waals surface area contributed by atoms with Crippen molar-refractivity contribution in [1.82, 2.24) is 10.2 Å². The first-order valence-electron chi connectivity index (χ1n) is 9.96. The summed E-state index contributed by atoms with van der Waals surface area (Å²) >= 11 is 13.5. The molecule has 0 aliphatic heterocycles. The fourth-order valence-corrected chi connectivity index (χ4v) is 4.10. The fraction of sp³-hybridized carbons (Fsp3) is 0.391. The Morgan fingerprint density at radius 2 is 1.87 bits per heavy atom. The lowest BCUT2D eigenvalue weighted by molar-refractivity contribution is -0.138. The minimum absolute atomic E-state index is 0.0672. The lowest BCUT2D eigenvalue weighted by Crippen LogP contribution is -2.48. The summed E-state index contributed by atoms with van der Waals surface area (Å²) in [4.78, 5) is 27.3.